The van der Waals surface area contributed by atoms with Crippen LogP contribution in [0, 0.1) is 0 Å². The molecule has 0 amide bonds. The summed E-state index contributed by atoms with van der Waals surface area (Å²) in [6.07, 6.45) is 2.64. The van der Waals surface area contributed by atoms with Gasteiger partial charge in [-0.2, -0.15) is 0 Å². The van der Waals surface area contributed by atoms with Crippen molar-refractivity contribution in [1.82, 2.24) is 10.2 Å². The van der Waals surface area contributed by atoms with E-state index in [1.807, 2.05) is 12.1 Å². The van der Waals surface area contributed by atoms with Crippen molar-refractivity contribution < 1.29 is 9.47 Å². The molecule has 1 N–H and O–H groups in total. The van der Waals surface area contributed by atoms with Gasteiger partial charge < -0.3 is 14.8 Å². The molecular weight excluding hydrogens is 320 g/mol. The van der Waals surface area contributed by atoms with E-state index in [1.54, 1.807) is 14.2 Å². The number of benzene rings is 1. The molecule has 1 aromatic rings. The van der Waals surface area contributed by atoms with Gasteiger partial charge in [0.25, 0.3) is 0 Å². The van der Waals surface area contributed by atoms with Crippen LogP contribution in [-0.4, -0.2) is 38.9 Å². The van der Waals surface area contributed by atoms with Crippen molar-refractivity contribution in [3.8, 4) is 11.5 Å². The summed E-state index contributed by atoms with van der Waals surface area (Å²) in [7, 11) is 5.42. The lowest BCUT2D eigenvalue weighted by Gasteiger charge is -2.25. The Morgan fingerprint density at radius 1 is 1.40 bits per heavy atom. The number of likely N-dealkylation sites (tertiary alicyclic amines) is 1. The number of nitrogens with zero attached hydrogens (tertiary/aromatic N) is 1. The maximum atomic E-state index is 5.49. The Hall–Kier alpha value is -1.20. The van der Waals surface area contributed by atoms with Crippen LogP contribution >= 0.6 is 15.9 Å². The van der Waals surface area contributed by atoms with Crippen LogP contribution in [0.15, 0.2) is 23.2 Å². The first-order valence-electron chi connectivity index (χ1n) is 6.65. The van der Waals surface area contributed by atoms with Crippen LogP contribution < -0.4 is 14.8 Å². The van der Waals surface area contributed by atoms with Gasteiger partial charge in [-0.15, -0.1) is 0 Å². The number of nitrogens with one attached hydrogen (secondary N) is 1. The molecule has 4 nitrogen and oxygen atoms in total. The first-order chi connectivity index (χ1) is 9.58. The smallest absolute Gasteiger partial charge is 0.146 e. The van der Waals surface area contributed by atoms with E-state index in [4.69, 9.17) is 9.47 Å². The highest BCUT2D eigenvalue weighted by Crippen LogP contribution is 2.39. The first kappa shape index (κ1) is 15.2. The Morgan fingerprint density at radius 2 is 2.15 bits per heavy atom. The van der Waals surface area contributed by atoms with Gasteiger partial charge >= 0.3 is 0 Å². The van der Waals surface area contributed by atoms with Gasteiger partial charge in [0.2, 0.25) is 0 Å². The second kappa shape index (κ2) is 6.50. The van der Waals surface area contributed by atoms with E-state index in [2.05, 4.69) is 39.8 Å². The predicted molar refractivity (Wildman–Crippen MR) is 85.1 cm³/mol. The second-order valence-electron chi connectivity index (χ2n) is 4.92. The number of hydrogen-bond acceptors (Lipinski definition) is 4. The standard InChI is InChI=1S/C15H21BrN2O2/c1-10(17-13-6-5-9-18(13)2)14-12(19-3)8-7-11(16)15(14)20-4/h7-8,13,17H,1,5-6,9H2,2-4H3. The molecule has 1 heterocycles. The molecule has 0 spiro atoms. The molecule has 1 saturated heterocycles. The Bertz CT molecular complexity index is 505. The second-order valence-corrected chi connectivity index (χ2v) is 5.77. The molecule has 1 aliphatic rings. The summed E-state index contributed by atoms with van der Waals surface area (Å²) >= 11 is 3.50. The van der Waals surface area contributed by atoms with E-state index in [-0.39, 0.29) is 0 Å². The Kier molecular flexibility index (Phi) is 4.94. The maximum Gasteiger partial charge on any atom is 0.146 e. The van der Waals surface area contributed by atoms with Crippen LogP contribution in [0.5, 0.6) is 11.5 Å². The van der Waals surface area contributed by atoms with Gasteiger partial charge in [-0.3, -0.25) is 4.90 Å². The molecule has 1 aromatic carbocycles. The van der Waals surface area contributed by atoms with Gasteiger partial charge in [-0.05, 0) is 54.5 Å². The highest BCUT2D eigenvalue weighted by Gasteiger charge is 2.24. The number of ether oxygens (including phenoxy) is 2. The van der Waals surface area contributed by atoms with Gasteiger partial charge in [0, 0.05) is 5.70 Å². The summed E-state index contributed by atoms with van der Waals surface area (Å²) in [5.74, 6) is 1.49. The lowest BCUT2D eigenvalue weighted by molar-refractivity contribution is 0.290. The van der Waals surface area contributed by atoms with E-state index in [1.165, 1.54) is 6.42 Å². The Balaban J connectivity index is 2.30. The predicted octanol–water partition coefficient (Wildman–Crippen LogP) is 3.08. The molecule has 0 radical (unpaired) electrons. The minimum atomic E-state index is 0.316. The molecule has 2 rings (SSSR count). The molecule has 5 heteroatoms. The summed E-state index contributed by atoms with van der Waals surface area (Å²) in [5, 5.41) is 3.47. The molecule has 0 aromatic heterocycles. The first-order valence-corrected chi connectivity index (χ1v) is 7.44. The van der Waals surface area contributed by atoms with Gasteiger partial charge in [-0.1, -0.05) is 6.58 Å². The molecule has 0 saturated carbocycles. The third kappa shape index (κ3) is 2.94. The normalized spacial score (nSPS) is 18.9. The zero-order chi connectivity index (χ0) is 14.7. The monoisotopic (exact) mass is 340 g/mol. The van der Waals surface area contributed by atoms with E-state index in [0.717, 1.165) is 40.2 Å². The van der Waals surface area contributed by atoms with Gasteiger partial charge in [-0.25, -0.2) is 0 Å². The summed E-state index contributed by atoms with van der Waals surface area (Å²) in [4.78, 5) is 2.29. The largest absolute Gasteiger partial charge is 0.496 e. The quantitative estimate of drug-likeness (QED) is 0.893. The summed E-state index contributed by atoms with van der Waals surface area (Å²) < 4.78 is 11.8. The molecule has 1 unspecified atom stereocenters. The van der Waals surface area contributed by atoms with E-state index >= 15 is 0 Å². The number of rotatable bonds is 5. The molecule has 0 aliphatic carbocycles. The summed E-state index contributed by atoms with van der Waals surface area (Å²) in [6.45, 7) is 5.27. The molecule has 110 valence electrons. The van der Waals surface area contributed by atoms with Crippen LogP contribution in [0.4, 0.5) is 0 Å². The zero-order valence-electron chi connectivity index (χ0n) is 12.2. The minimum Gasteiger partial charge on any atom is -0.496 e. The Labute approximate surface area is 128 Å². The highest BCUT2D eigenvalue weighted by atomic mass is 79.9. The minimum absolute atomic E-state index is 0.316. The molecule has 1 fully saturated rings. The summed E-state index contributed by atoms with van der Waals surface area (Å²) in [6, 6.07) is 3.82. The van der Waals surface area contributed by atoms with Crippen molar-refractivity contribution in [2.75, 3.05) is 27.8 Å². The SMILES string of the molecule is C=C(NC1CCCN1C)c1c(OC)ccc(Br)c1OC. The van der Waals surface area contributed by atoms with Crippen molar-refractivity contribution in [2.45, 2.75) is 19.0 Å². The lowest BCUT2D eigenvalue weighted by Crippen LogP contribution is -2.37. The van der Waals surface area contributed by atoms with Crippen LogP contribution in [0.25, 0.3) is 5.70 Å². The van der Waals surface area contributed by atoms with Crippen LogP contribution in [0.2, 0.25) is 0 Å². The van der Waals surface area contributed by atoms with Crippen LogP contribution in [0.1, 0.15) is 18.4 Å². The topological polar surface area (TPSA) is 33.7 Å². The van der Waals surface area contributed by atoms with E-state index in [9.17, 15) is 0 Å². The highest BCUT2D eigenvalue weighted by molar-refractivity contribution is 9.10. The molecule has 20 heavy (non-hydrogen) atoms. The number of methoxy groups -OCH3 is 2. The summed E-state index contributed by atoms with van der Waals surface area (Å²) in [5.41, 5.74) is 1.68. The van der Waals surface area contributed by atoms with Crippen LogP contribution in [0.3, 0.4) is 0 Å². The Morgan fingerprint density at radius 3 is 2.70 bits per heavy atom. The van der Waals surface area contributed by atoms with Crippen molar-refractivity contribution in [2.24, 2.45) is 0 Å². The fourth-order valence-corrected chi connectivity index (χ4v) is 3.05. The van der Waals surface area contributed by atoms with Gasteiger partial charge in [0.15, 0.2) is 0 Å². The molecule has 1 aliphatic heterocycles. The van der Waals surface area contributed by atoms with Crippen molar-refractivity contribution in [1.29, 1.82) is 0 Å². The molecular formula is C15H21BrN2O2. The van der Waals surface area contributed by atoms with Gasteiger partial charge in [0.1, 0.15) is 11.5 Å². The maximum absolute atomic E-state index is 5.49. The van der Waals surface area contributed by atoms with E-state index < -0.39 is 0 Å². The lowest BCUT2D eigenvalue weighted by atomic mass is 10.1. The fourth-order valence-electron chi connectivity index (χ4n) is 2.56. The number of halogens is 1. The van der Waals surface area contributed by atoms with Crippen molar-refractivity contribution in [3.05, 3.63) is 28.7 Å². The zero-order valence-corrected chi connectivity index (χ0v) is 13.8. The average Bonchev–Trinajstić information content (AvgIpc) is 2.83. The van der Waals surface area contributed by atoms with E-state index in [0.29, 0.717) is 6.17 Å². The van der Waals surface area contributed by atoms with Gasteiger partial charge in [0.05, 0.1) is 30.4 Å². The number of hydrogen-bond donors (Lipinski definition) is 1. The van der Waals surface area contributed by atoms with Crippen molar-refractivity contribution >= 4 is 21.6 Å². The third-order valence-corrected chi connectivity index (χ3v) is 4.28. The molecule has 0 bridgehead atoms. The average molecular weight is 341 g/mol. The molecule has 1 atom stereocenters. The fraction of sp³-hybridized carbons (Fsp3) is 0.467. The van der Waals surface area contributed by atoms with Crippen LogP contribution in [-0.2, 0) is 0 Å². The third-order valence-electron chi connectivity index (χ3n) is 3.66. The van der Waals surface area contributed by atoms with Crippen molar-refractivity contribution in [3.63, 3.8) is 0 Å².